The van der Waals surface area contributed by atoms with Crippen molar-refractivity contribution in [1.82, 2.24) is 0 Å². The van der Waals surface area contributed by atoms with E-state index in [0.717, 1.165) is 0 Å². The number of phenols is 1. The first-order valence-electron chi connectivity index (χ1n) is 5.36. The zero-order chi connectivity index (χ0) is 9.97. The predicted octanol–water partition coefficient (Wildman–Crippen LogP) is 3.02. The highest BCUT2D eigenvalue weighted by molar-refractivity contribution is 5.53. The van der Waals surface area contributed by atoms with E-state index in [-0.39, 0.29) is 5.75 Å². The highest BCUT2D eigenvalue weighted by atomic mass is 16.3. The molecule has 0 heterocycles. The van der Waals surface area contributed by atoms with Crippen molar-refractivity contribution < 1.29 is 5.11 Å². The second kappa shape index (κ2) is 3.91. The molecule has 2 rings (SSSR count). The Balaban J connectivity index is 2.18. The lowest BCUT2D eigenvalue weighted by Gasteiger charge is -2.22. The molecule has 1 aromatic carbocycles. The first-order valence-corrected chi connectivity index (χ1v) is 5.36. The Morgan fingerprint density at radius 3 is 2.50 bits per heavy atom. The minimum Gasteiger partial charge on any atom is -0.506 e. The molecule has 2 nitrogen and oxygen atoms in total. The monoisotopic (exact) mass is 191 g/mol. The third-order valence-electron chi connectivity index (χ3n) is 3.13. The minimum absolute atomic E-state index is 0.230. The topological polar surface area (TPSA) is 46.2 Å². The lowest BCUT2D eigenvalue weighted by Crippen LogP contribution is -2.04. The molecule has 0 unspecified atom stereocenters. The van der Waals surface area contributed by atoms with Crippen LogP contribution in [0.3, 0.4) is 0 Å². The van der Waals surface area contributed by atoms with Crippen molar-refractivity contribution in [1.29, 1.82) is 0 Å². The van der Waals surface area contributed by atoms with Gasteiger partial charge in [0.05, 0.1) is 5.69 Å². The Bertz CT molecular complexity index is 316. The fourth-order valence-corrected chi connectivity index (χ4v) is 2.25. The van der Waals surface area contributed by atoms with E-state index in [0.29, 0.717) is 11.6 Å². The summed E-state index contributed by atoms with van der Waals surface area (Å²) >= 11 is 0. The summed E-state index contributed by atoms with van der Waals surface area (Å²) < 4.78 is 0. The molecule has 0 saturated heterocycles. The van der Waals surface area contributed by atoms with E-state index in [9.17, 15) is 5.11 Å². The number of nitrogen functional groups attached to an aromatic ring is 1. The molecule has 2 heteroatoms. The fourth-order valence-electron chi connectivity index (χ4n) is 2.25. The Morgan fingerprint density at radius 2 is 1.86 bits per heavy atom. The van der Waals surface area contributed by atoms with Gasteiger partial charge in [0.1, 0.15) is 5.75 Å². The summed E-state index contributed by atoms with van der Waals surface area (Å²) in [4.78, 5) is 0. The molecule has 0 bridgehead atoms. The van der Waals surface area contributed by atoms with Crippen molar-refractivity contribution >= 4 is 5.69 Å². The number of hydrogen-bond acceptors (Lipinski definition) is 2. The minimum atomic E-state index is 0.230. The smallest absolute Gasteiger partial charge is 0.138 e. The zero-order valence-electron chi connectivity index (χ0n) is 8.37. The molecule has 1 aliphatic rings. The van der Waals surface area contributed by atoms with Gasteiger partial charge in [0.15, 0.2) is 0 Å². The predicted molar refractivity (Wildman–Crippen MR) is 58.3 cm³/mol. The summed E-state index contributed by atoms with van der Waals surface area (Å²) in [6.07, 6.45) is 6.50. The number of nitrogens with two attached hydrogens (primary N) is 1. The van der Waals surface area contributed by atoms with Crippen LogP contribution in [0.1, 0.15) is 43.6 Å². The van der Waals surface area contributed by atoms with Crippen LogP contribution < -0.4 is 5.73 Å². The van der Waals surface area contributed by atoms with Crippen molar-refractivity contribution in [3.63, 3.8) is 0 Å². The van der Waals surface area contributed by atoms with Crippen LogP contribution in [0, 0.1) is 0 Å². The van der Waals surface area contributed by atoms with Crippen molar-refractivity contribution in [2.75, 3.05) is 5.73 Å². The summed E-state index contributed by atoms with van der Waals surface area (Å²) in [5.74, 6) is 0.864. The van der Waals surface area contributed by atoms with Crippen LogP contribution in [0.2, 0.25) is 0 Å². The second-order valence-corrected chi connectivity index (χ2v) is 4.15. The molecule has 3 N–H and O–H groups in total. The van der Waals surface area contributed by atoms with E-state index in [2.05, 4.69) is 0 Å². The molecule has 76 valence electrons. The molecule has 0 atom stereocenters. The largest absolute Gasteiger partial charge is 0.506 e. The molecular formula is C12H17NO. The Hall–Kier alpha value is -1.18. The number of aromatic hydroxyl groups is 1. The molecule has 0 aromatic heterocycles. The molecule has 0 amide bonds. The summed E-state index contributed by atoms with van der Waals surface area (Å²) in [5, 5.41) is 9.51. The number of anilines is 1. The number of rotatable bonds is 1. The Kier molecular flexibility index (Phi) is 2.62. The summed E-state index contributed by atoms with van der Waals surface area (Å²) in [5.41, 5.74) is 7.29. The summed E-state index contributed by atoms with van der Waals surface area (Å²) in [6, 6.07) is 5.68. The highest BCUT2D eigenvalue weighted by Crippen LogP contribution is 2.35. The number of phenolic OH excluding ortho intramolecular Hbond substituents is 1. The standard InChI is InChI=1S/C12H17NO/c13-11-7-6-10(8-12(11)14)9-4-2-1-3-5-9/h6-9,14H,1-5,13H2. The van der Waals surface area contributed by atoms with Crippen LogP contribution in [0.25, 0.3) is 0 Å². The van der Waals surface area contributed by atoms with E-state index in [1.54, 1.807) is 6.07 Å². The van der Waals surface area contributed by atoms with Crippen LogP contribution in [0.4, 0.5) is 5.69 Å². The van der Waals surface area contributed by atoms with Gasteiger partial charge in [0, 0.05) is 0 Å². The van der Waals surface area contributed by atoms with Crippen LogP contribution in [0.5, 0.6) is 5.75 Å². The average Bonchev–Trinajstić information content (AvgIpc) is 2.23. The molecular weight excluding hydrogens is 174 g/mol. The van der Waals surface area contributed by atoms with Gasteiger partial charge in [0.2, 0.25) is 0 Å². The average molecular weight is 191 g/mol. The third kappa shape index (κ3) is 1.84. The van der Waals surface area contributed by atoms with E-state index >= 15 is 0 Å². The highest BCUT2D eigenvalue weighted by Gasteiger charge is 2.15. The lowest BCUT2D eigenvalue weighted by atomic mass is 9.84. The zero-order valence-corrected chi connectivity index (χ0v) is 8.37. The van der Waals surface area contributed by atoms with Gasteiger partial charge in [-0.3, -0.25) is 0 Å². The molecule has 1 aromatic rings. The van der Waals surface area contributed by atoms with Crippen molar-refractivity contribution in [2.45, 2.75) is 38.0 Å². The van der Waals surface area contributed by atoms with Gasteiger partial charge in [-0.2, -0.15) is 0 Å². The van der Waals surface area contributed by atoms with Gasteiger partial charge < -0.3 is 10.8 Å². The summed E-state index contributed by atoms with van der Waals surface area (Å²) in [6.45, 7) is 0. The Labute approximate surface area is 84.7 Å². The van der Waals surface area contributed by atoms with E-state index in [1.165, 1.54) is 37.7 Å². The third-order valence-corrected chi connectivity index (χ3v) is 3.13. The maximum Gasteiger partial charge on any atom is 0.138 e. The SMILES string of the molecule is Nc1ccc(C2CCCCC2)cc1O. The quantitative estimate of drug-likeness (QED) is 0.529. The van der Waals surface area contributed by atoms with Gasteiger partial charge in [-0.15, -0.1) is 0 Å². The maximum atomic E-state index is 9.51. The number of benzene rings is 1. The van der Waals surface area contributed by atoms with Crippen molar-refractivity contribution in [2.24, 2.45) is 0 Å². The molecule has 14 heavy (non-hydrogen) atoms. The second-order valence-electron chi connectivity index (χ2n) is 4.15. The first-order chi connectivity index (χ1) is 6.77. The van der Waals surface area contributed by atoms with Crippen LogP contribution in [-0.2, 0) is 0 Å². The molecule has 0 aliphatic heterocycles. The van der Waals surface area contributed by atoms with Crippen LogP contribution >= 0.6 is 0 Å². The van der Waals surface area contributed by atoms with Crippen molar-refractivity contribution in [3.8, 4) is 5.75 Å². The van der Waals surface area contributed by atoms with Crippen molar-refractivity contribution in [3.05, 3.63) is 23.8 Å². The van der Waals surface area contributed by atoms with E-state index < -0.39 is 0 Å². The van der Waals surface area contributed by atoms with E-state index in [4.69, 9.17) is 5.73 Å². The molecule has 0 radical (unpaired) electrons. The van der Waals surface area contributed by atoms with Gasteiger partial charge in [-0.25, -0.2) is 0 Å². The fraction of sp³-hybridized carbons (Fsp3) is 0.500. The van der Waals surface area contributed by atoms with Gasteiger partial charge in [-0.1, -0.05) is 25.3 Å². The normalized spacial score (nSPS) is 18.3. The van der Waals surface area contributed by atoms with Gasteiger partial charge in [-0.05, 0) is 36.5 Å². The van der Waals surface area contributed by atoms with E-state index in [1.807, 2.05) is 12.1 Å². The van der Waals surface area contributed by atoms with Crippen LogP contribution in [0.15, 0.2) is 18.2 Å². The molecule has 1 fully saturated rings. The first kappa shape index (κ1) is 9.38. The summed E-state index contributed by atoms with van der Waals surface area (Å²) in [7, 11) is 0. The Morgan fingerprint density at radius 1 is 1.14 bits per heavy atom. The lowest BCUT2D eigenvalue weighted by molar-refractivity contribution is 0.438. The van der Waals surface area contributed by atoms with Gasteiger partial charge in [0.25, 0.3) is 0 Å². The van der Waals surface area contributed by atoms with Gasteiger partial charge >= 0.3 is 0 Å². The van der Waals surface area contributed by atoms with Crippen LogP contribution in [-0.4, -0.2) is 5.11 Å². The maximum absolute atomic E-state index is 9.51. The molecule has 1 aliphatic carbocycles. The molecule has 1 saturated carbocycles. The molecule has 0 spiro atoms. The number of hydrogen-bond donors (Lipinski definition) is 2.